The molecule has 8 heteroatoms. The first-order valence-corrected chi connectivity index (χ1v) is 8.88. The van der Waals surface area contributed by atoms with Crippen molar-refractivity contribution in [3.8, 4) is 11.3 Å². The highest BCUT2D eigenvalue weighted by Crippen LogP contribution is 2.24. The van der Waals surface area contributed by atoms with Gasteiger partial charge in [0.2, 0.25) is 5.91 Å². The zero-order valence-corrected chi connectivity index (χ0v) is 16.3. The van der Waals surface area contributed by atoms with Crippen molar-refractivity contribution in [2.45, 2.75) is 13.8 Å². The van der Waals surface area contributed by atoms with Gasteiger partial charge in [-0.25, -0.2) is 9.50 Å². The van der Waals surface area contributed by atoms with Gasteiger partial charge in [0.15, 0.2) is 5.65 Å². The van der Waals surface area contributed by atoms with Crippen LogP contribution < -0.4 is 4.90 Å². The minimum atomic E-state index is -0.399. The van der Waals surface area contributed by atoms with Crippen LogP contribution in [-0.4, -0.2) is 58.3 Å². The SMILES string of the molecule is CCN(C(C)=O)c1ccc(-c2ccnc3c(C(=O)N=CN(C)C)cnn23)cc1. The molecular weight excluding hydrogens is 356 g/mol. The molecule has 0 saturated heterocycles. The van der Waals surface area contributed by atoms with E-state index in [0.29, 0.717) is 17.8 Å². The van der Waals surface area contributed by atoms with E-state index in [0.717, 1.165) is 16.9 Å². The van der Waals surface area contributed by atoms with Gasteiger partial charge in [-0.15, -0.1) is 0 Å². The molecule has 3 rings (SSSR count). The first-order chi connectivity index (χ1) is 13.4. The largest absolute Gasteiger partial charge is 0.369 e. The second-order valence-corrected chi connectivity index (χ2v) is 6.45. The summed E-state index contributed by atoms with van der Waals surface area (Å²) in [5, 5.41) is 4.33. The molecule has 2 aromatic heterocycles. The zero-order valence-electron chi connectivity index (χ0n) is 16.3. The Hall–Kier alpha value is -3.55. The number of anilines is 1. The first-order valence-electron chi connectivity index (χ1n) is 8.88. The topological polar surface area (TPSA) is 83.2 Å². The van der Waals surface area contributed by atoms with Crippen molar-refractivity contribution in [3.05, 3.63) is 48.3 Å². The van der Waals surface area contributed by atoms with Crippen LogP contribution >= 0.6 is 0 Å². The van der Waals surface area contributed by atoms with Crippen molar-refractivity contribution in [3.63, 3.8) is 0 Å². The molecule has 2 heterocycles. The highest BCUT2D eigenvalue weighted by molar-refractivity contribution is 6.03. The number of aromatic nitrogens is 3. The van der Waals surface area contributed by atoms with E-state index in [4.69, 9.17) is 0 Å². The summed E-state index contributed by atoms with van der Waals surface area (Å²) in [5.74, 6) is -0.404. The van der Waals surface area contributed by atoms with Crippen molar-refractivity contribution >= 4 is 29.5 Å². The van der Waals surface area contributed by atoms with Crippen molar-refractivity contribution < 1.29 is 9.59 Å². The van der Waals surface area contributed by atoms with Gasteiger partial charge in [0.25, 0.3) is 5.91 Å². The van der Waals surface area contributed by atoms with E-state index in [1.807, 2.05) is 37.3 Å². The smallest absolute Gasteiger partial charge is 0.283 e. The van der Waals surface area contributed by atoms with Crippen molar-refractivity contribution in [2.24, 2.45) is 4.99 Å². The minimum Gasteiger partial charge on any atom is -0.369 e. The average Bonchev–Trinajstić information content (AvgIpc) is 3.11. The average molecular weight is 378 g/mol. The second-order valence-electron chi connectivity index (χ2n) is 6.45. The maximum absolute atomic E-state index is 12.3. The molecule has 0 atom stereocenters. The molecule has 0 bridgehead atoms. The summed E-state index contributed by atoms with van der Waals surface area (Å²) >= 11 is 0. The number of hydrogen-bond donors (Lipinski definition) is 0. The number of carbonyl (C=O) groups excluding carboxylic acids is 2. The maximum Gasteiger partial charge on any atom is 0.283 e. The molecule has 144 valence electrons. The number of carbonyl (C=O) groups is 2. The molecule has 8 nitrogen and oxygen atoms in total. The van der Waals surface area contributed by atoms with E-state index >= 15 is 0 Å². The molecule has 0 aliphatic rings. The fraction of sp³-hybridized carbons (Fsp3) is 0.250. The van der Waals surface area contributed by atoms with Crippen molar-refractivity contribution in [1.29, 1.82) is 0 Å². The summed E-state index contributed by atoms with van der Waals surface area (Å²) in [4.78, 5) is 35.6. The second kappa shape index (κ2) is 7.99. The van der Waals surface area contributed by atoms with Gasteiger partial charge in [0.1, 0.15) is 5.56 Å². The molecule has 2 amide bonds. The number of fused-ring (bicyclic) bond motifs is 1. The first kappa shape index (κ1) is 19.2. The lowest BCUT2D eigenvalue weighted by molar-refractivity contribution is -0.116. The molecule has 0 aliphatic carbocycles. The summed E-state index contributed by atoms with van der Waals surface area (Å²) in [6.45, 7) is 4.08. The quantitative estimate of drug-likeness (QED) is 0.503. The molecule has 3 aromatic rings. The van der Waals surface area contributed by atoms with Gasteiger partial charge < -0.3 is 9.80 Å². The number of benzene rings is 1. The Labute approximate surface area is 163 Å². The van der Waals surface area contributed by atoms with Crippen molar-refractivity contribution in [2.75, 3.05) is 25.5 Å². The van der Waals surface area contributed by atoms with Gasteiger partial charge in [-0.2, -0.15) is 10.1 Å². The summed E-state index contributed by atoms with van der Waals surface area (Å²) in [6, 6.07) is 9.45. The standard InChI is InChI=1S/C20H22N6O2/c1-5-25(14(2)27)16-8-6-15(7-9-16)18-10-11-21-19-17(12-23-26(18)19)20(28)22-13-24(3)4/h6-13H,5H2,1-4H3. The lowest BCUT2D eigenvalue weighted by Gasteiger charge is -2.19. The Balaban J connectivity index is 1.98. The summed E-state index contributed by atoms with van der Waals surface area (Å²) in [7, 11) is 3.58. The summed E-state index contributed by atoms with van der Waals surface area (Å²) < 4.78 is 1.62. The van der Waals surface area contributed by atoms with Gasteiger partial charge in [-0.3, -0.25) is 9.59 Å². The highest BCUT2D eigenvalue weighted by atomic mass is 16.2. The number of rotatable bonds is 5. The van der Waals surface area contributed by atoms with Crippen LogP contribution in [0.15, 0.2) is 47.7 Å². The van der Waals surface area contributed by atoms with Gasteiger partial charge in [-0.05, 0) is 25.1 Å². The maximum atomic E-state index is 12.3. The minimum absolute atomic E-state index is 0.00457. The zero-order chi connectivity index (χ0) is 20.3. The van der Waals surface area contributed by atoms with Crippen LogP contribution in [0.3, 0.4) is 0 Å². The van der Waals surface area contributed by atoms with E-state index in [1.54, 1.807) is 41.5 Å². The number of aliphatic imine (C=N–C) groups is 1. The van der Waals surface area contributed by atoms with Gasteiger partial charge in [0.05, 0.1) is 18.2 Å². The van der Waals surface area contributed by atoms with Crippen LogP contribution in [0.1, 0.15) is 24.2 Å². The molecule has 28 heavy (non-hydrogen) atoms. The molecule has 0 aliphatic heterocycles. The van der Waals surface area contributed by atoms with E-state index in [9.17, 15) is 9.59 Å². The lowest BCUT2D eigenvalue weighted by Crippen LogP contribution is -2.27. The Morgan fingerprint density at radius 1 is 1.18 bits per heavy atom. The molecule has 1 aromatic carbocycles. The Morgan fingerprint density at radius 2 is 1.89 bits per heavy atom. The third kappa shape index (κ3) is 3.75. The van der Waals surface area contributed by atoms with E-state index in [-0.39, 0.29) is 5.91 Å². The van der Waals surface area contributed by atoms with Crippen LogP contribution in [0.4, 0.5) is 5.69 Å². The molecule has 0 spiro atoms. The van der Waals surface area contributed by atoms with Crippen molar-refractivity contribution in [1.82, 2.24) is 19.5 Å². The van der Waals surface area contributed by atoms with Crippen LogP contribution in [0.5, 0.6) is 0 Å². The molecule has 0 radical (unpaired) electrons. The van der Waals surface area contributed by atoms with Crippen LogP contribution in [0.25, 0.3) is 16.9 Å². The molecule has 0 N–H and O–H groups in total. The fourth-order valence-corrected chi connectivity index (χ4v) is 2.90. The Bertz CT molecular complexity index is 1040. The summed E-state index contributed by atoms with van der Waals surface area (Å²) in [5.41, 5.74) is 3.30. The normalized spacial score (nSPS) is 11.1. The summed E-state index contributed by atoms with van der Waals surface area (Å²) in [6.07, 6.45) is 4.56. The number of amides is 2. The monoisotopic (exact) mass is 378 g/mol. The van der Waals surface area contributed by atoms with E-state index < -0.39 is 5.91 Å². The third-order valence-corrected chi connectivity index (χ3v) is 4.21. The predicted octanol–water partition coefficient (Wildman–Crippen LogP) is 2.50. The van der Waals surface area contributed by atoms with Crippen LogP contribution in [0.2, 0.25) is 0 Å². The molecule has 0 saturated carbocycles. The molecular formula is C20H22N6O2. The fourth-order valence-electron chi connectivity index (χ4n) is 2.90. The number of hydrogen-bond acceptors (Lipinski definition) is 4. The predicted molar refractivity (Wildman–Crippen MR) is 109 cm³/mol. The van der Waals surface area contributed by atoms with Crippen LogP contribution in [0, 0.1) is 0 Å². The van der Waals surface area contributed by atoms with E-state index in [1.165, 1.54) is 12.5 Å². The third-order valence-electron chi connectivity index (χ3n) is 4.21. The van der Waals surface area contributed by atoms with Crippen LogP contribution in [-0.2, 0) is 4.79 Å². The van der Waals surface area contributed by atoms with E-state index in [2.05, 4.69) is 15.1 Å². The lowest BCUT2D eigenvalue weighted by atomic mass is 10.1. The molecule has 0 unspecified atom stereocenters. The molecule has 0 fully saturated rings. The highest BCUT2D eigenvalue weighted by Gasteiger charge is 2.16. The Kier molecular flexibility index (Phi) is 5.49. The Morgan fingerprint density at radius 3 is 2.50 bits per heavy atom. The van der Waals surface area contributed by atoms with Gasteiger partial charge in [0, 0.05) is 45.0 Å². The van der Waals surface area contributed by atoms with Gasteiger partial charge >= 0.3 is 0 Å². The number of nitrogens with zero attached hydrogens (tertiary/aromatic N) is 6. The van der Waals surface area contributed by atoms with Gasteiger partial charge in [-0.1, -0.05) is 12.1 Å².